The van der Waals surface area contributed by atoms with Crippen LogP contribution in [0.15, 0.2) is 12.1 Å². The van der Waals surface area contributed by atoms with E-state index in [0.717, 1.165) is 42.2 Å². The molecule has 0 bridgehead atoms. The number of carbonyl (C=O) groups is 1. The number of nitrogens with one attached hydrogen (secondary N) is 2. The molecule has 2 aromatic rings. The summed E-state index contributed by atoms with van der Waals surface area (Å²) >= 11 is 7.76. The molecule has 0 unspecified atom stereocenters. The van der Waals surface area contributed by atoms with Crippen molar-refractivity contribution >= 4 is 33.8 Å². The third kappa shape index (κ3) is 2.80. The van der Waals surface area contributed by atoms with Gasteiger partial charge in [-0.05, 0) is 24.6 Å². The van der Waals surface area contributed by atoms with E-state index < -0.39 is 6.17 Å². The number of nitrogens with zero attached hydrogens (tertiary/aromatic N) is 1. The van der Waals surface area contributed by atoms with Gasteiger partial charge < -0.3 is 20.5 Å². The van der Waals surface area contributed by atoms with Crippen molar-refractivity contribution in [1.29, 1.82) is 0 Å². The number of likely N-dealkylation sites (N-methyl/N-ethyl adjacent to an activating group) is 1. The lowest BCUT2D eigenvalue weighted by Crippen LogP contribution is -2.39. The van der Waals surface area contributed by atoms with E-state index in [-0.39, 0.29) is 17.4 Å². The molecule has 2 aliphatic rings. The molecule has 0 radical (unpaired) electrons. The SMILES string of the molecule is CCN1CCc2c(sc3c2C(=O)N[C@H](c2cc(Cl)cc(OC)c2O)N3)C1. The van der Waals surface area contributed by atoms with Crippen LogP contribution in [0.3, 0.4) is 0 Å². The molecule has 2 aliphatic heterocycles. The third-order valence-corrected chi connectivity index (χ3v) is 6.33. The molecule has 3 heterocycles. The first-order valence-electron chi connectivity index (χ1n) is 8.52. The Morgan fingerprint density at radius 3 is 2.96 bits per heavy atom. The topological polar surface area (TPSA) is 73.8 Å². The minimum atomic E-state index is -0.565. The van der Waals surface area contributed by atoms with Gasteiger partial charge in [-0.1, -0.05) is 18.5 Å². The standard InChI is InChI=1S/C18H20ClN3O3S/c1-3-22-5-4-10-13(8-22)26-18-14(10)17(24)20-16(21-18)11-6-9(19)7-12(25-2)15(11)23/h6-7,16,21,23H,3-5,8H2,1-2H3,(H,20,24)/t16-/m0/s1. The summed E-state index contributed by atoms with van der Waals surface area (Å²) in [5.41, 5.74) is 2.37. The molecule has 26 heavy (non-hydrogen) atoms. The van der Waals surface area contributed by atoms with Gasteiger partial charge in [-0.3, -0.25) is 9.69 Å². The minimum absolute atomic E-state index is 0.0309. The predicted molar refractivity (Wildman–Crippen MR) is 102 cm³/mol. The number of ether oxygens (including phenoxy) is 1. The summed E-state index contributed by atoms with van der Waals surface area (Å²) in [4.78, 5) is 16.4. The Hall–Kier alpha value is -1.96. The fourth-order valence-electron chi connectivity index (χ4n) is 3.56. The third-order valence-electron chi connectivity index (χ3n) is 4.96. The van der Waals surface area contributed by atoms with Crippen molar-refractivity contribution in [2.45, 2.75) is 26.1 Å². The summed E-state index contributed by atoms with van der Waals surface area (Å²) < 4.78 is 5.17. The minimum Gasteiger partial charge on any atom is -0.504 e. The van der Waals surface area contributed by atoms with E-state index in [0.29, 0.717) is 10.6 Å². The fraction of sp³-hybridized carbons (Fsp3) is 0.389. The Bertz CT molecular complexity index is 883. The summed E-state index contributed by atoms with van der Waals surface area (Å²) in [7, 11) is 1.47. The van der Waals surface area contributed by atoms with Crippen molar-refractivity contribution in [3.05, 3.63) is 38.7 Å². The normalized spacial score (nSPS) is 19.3. The number of hydrogen-bond acceptors (Lipinski definition) is 6. The monoisotopic (exact) mass is 393 g/mol. The summed E-state index contributed by atoms with van der Waals surface area (Å²) in [6.07, 6.45) is 0.315. The highest BCUT2D eigenvalue weighted by Crippen LogP contribution is 2.43. The second-order valence-electron chi connectivity index (χ2n) is 6.42. The number of carbonyl (C=O) groups excluding carboxylic acids is 1. The van der Waals surface area contributed by atoms with Crippen LogP contribution in [0.5, 0.6) is 11.5 Å². The zero-order chi connectivity index (χ0) is 18.4. The van der Waals surface area contributed by atoms with Crippen LogP contribution in [0, 0.1) is 0 Å². The summed E-state index contributed by atoms with van der Waals surface area (Å²) in [6.45, 7) is 4.99. The van der Waals surface area contributed by atoms with Crippen LogP contribution in [0.1, 0.15) is 39.5 Å². The van der Waals surface area contributed by atoms with E-state index in [4.69, 9.17) is 16.3 Å². The van der Waals surface area contributed by atoms with Gasteiger partial charge in [0.25, 0.3) is 5.91 Å². The lowest BCUT2D eigenvalue weighted by atomic mass is 10.00. The first kappa shape index (κ1) is 17.5. The number of fused-ring (bicyclic) bond motifs is 3. The van der Waals surface area contributed by atoms with Gasteiger partial charge in [0, 0.05) is 34.6 Å². The number of phenols is 1. The smallest absolute Gasteiger partial charge is 0.256 e. The first-order valence-corrected chi connectivity index (χ1v) is 9.72. The second kappa shape index (κ2) is 6.64. The highest BCUT2D eigenvalue weighted by atomic mass is 35.5. The van der Waals surface area contributed by atoms with Crippen molar-refractivity contribution in [3.63, 3.8) is 0 Å². The molecule has 3 N–H and O–H groups in total. The number of phenolic OH excluding ortho intramolecular Hbond substituents is 1. The maximum Gasteiger partial charge on any atom is 0.256 e. The van der Waals surface area contributed by atoms with Crippen LogP contribution >= 0.6 is 22.9 Å². The molecule has 0 saturated heterocycles. The maximum atomic E-state index is 12.8. The molecule has 4 rings (SSSR count). The largest absolute Gasteiger partial charge is 0.504 e. The maximum absolute atomic E-state index is 12.8. The average molecular weight is 394 g/mol. The van der Waals surface area contributed by atoms with Crippen LogP contribution < -0.4 is 15.4 Å². The number of benzene rings is 1. The predicted octanol–water partition coefficient (Wildman–Crippen LogP) is 3.35. The molecule has 0 saturated carbocycles. The van der Waals surface area contributed by atoms with E-state index in [9.17, 15) is 9.90 Å². The van der Waals surface area contributed by atoms with E-state index in [2.05, 4.69) is 22.5 Å². The van der Waals surface area contributed by atoms with E-state index in [1.54, 1.807) is 23.5 Å². The Labute approximate surface area is 160 Å². The molecule has 0 fully saturated rings. The van der Waals surface area contributed by atoms with Gasteiger partial charge in [-0.2, -0.15) is 0 Å². The van der Waals surface area contributed by atoms with Gasteiger partial charge in [0.1, 0.15) is 11.2 Å². The summed E-state index contributed by atoms with van der Waals surface area (Å²) in [5.74, 6) is 0.125. The van der Waals surface area contributed by atoms with E-state index >= 15 is 0 Å². The quantitative estimate of drug-likeness (QED) is 0.745. The Balaban J connectivity index is 1.71. The van der Waals surface area contributed by atoms with E-state index in [1.165, 1.54) is 12.0 Å². The lowest BCUT2D eigenvalue weighted by Gasteiger charge is -2.28. The number of hydrogen-bond donors (Lipinski definition) is 3. The van der Waals surface area contributed by atoms with Crippen molar-refractivity contribution in [2.24, 2.45) is 0 Å². The van der Waals surface area contributed by atoms with Crippen LogP contribution in [0.25, 0.3) is 0 Å². The van der Waals surface area contributed by atoms with E-state index in [1.807, 2.05) is 0 Å². The fourth-order valence-corrected chi connectivity index (χ4v) is 5.10. The number of aromatic hydroxyl groups is 1. The lowest BCUT2D eigenvalue weighted by molar-refractivity contribution is 0.0934. The summed E-state index contributed by atoms with van der Waals surface area (Å²) in [5, 5.41) is 18.0. The van der Waals surface area contributed by atoms with Crippen molar-refractivity contribution in [3.8, 4) is 11.5 Å². The van der Waals surface area contributed by atoms with Gasteiger partial charge in [-0.15, -0.1) is 11.3 Å². The molecule has 6 nitrogen and oxygen atoms in total. The molecule has 1 aromatic heterocycles. The molecule has 0 spiro atoms. The van der Waals surface area contributed by atoms with Crippen molar-refractivity contribution in [1.82, 2.24) is 10.2 Å². The van der Waals surface area contributed by atoms with Crippen molar-refractivity contribution in [2.75, 3.05) is 25.5 Å². The van der Waals surface area contributed by atoms with Gasteiger partial charge in [0.05, 0.1) is 12.7 Å². The Morgan fingerprint density at radius 1 is 1.42 bits per heavy atom. The zero-order valence-corrected chi connectivity index (χ0v) is 16.1. The van der Waals surface area contributed by atoms with Gasteiger partial charge in [0.15, 0.2) is 11.5 Å². The van der Waals surface area contributed by atoms with Gasteiger partial charge >= 0.3 is 0 Å². The summed E-state index contributed by atoms with van der Waals surface area (Å²) in [6, 6.07) is 3.17. The number of anilines is 1. The van der Waals surface area contributed by atoms with Crippen LogP contribution in [-0.4, -0.2) is 36.1 Å². The molecular formula is C18H20ClN3O3S. The molecular weight excluding hydrogens is 374 g/mol. The molecule has 138 valence electrons. The van der Waals surface area contributed by atoms with Crippen LogP contribution in [-0.2, 0) is 13.0 Å². The number of thiophene rings is 1. The highest BCUT2D eigenvalue weighted by Gasteiger charge is 2.34. The first-order chi connectivity index (χ1) is 12.5. The Morgan fingerprint density at radius 2 is 2.23 bits per heavy atom. The van der Waals surface area contributed by atoms with Crippen molar-refractivity contribution < 1.29 is 14.6 Å². The molecule has 8 heteroatoms. The second-order valence-corrected chi connectivity index (χ2v) is 7.96. The van der Waals surface area contributed by atoms with Crippen LogP contribution in [0.4, 0.5) is 5.00 Å². The molecule has 1 aromatic carbocycles. The number of halogens is 1. The molecule has 1 amide bonds. The number of methoxy groups -OCH3 is 1. The van der Waals surface area contributed by atoms with Gasteiger partial charge in [-0.25, -0.2) is 0 Å². The molecule has 1 atom stereocenters. The molecule has 0 aliphatic carbocycles. The zero-order valence-electron chi connectivity index (χ0n) is 14.6. The van der Waals surface area contributed by atoms with Gasteiger partial charge in [0.2, 0.25) is 0 Å². The van der Waals surface area contributed by atoms with Crippen LogP contribution in [0.2, 0.25) is 5.02 Å². The average Bonchev–Trinajstić information content (AvgIpc) is 3.00. The number of rotatable bonds is 3. The Kier molecular flexibility index (Phi) is 4.46. The number of amides is 1. The highest BCUT2D eigenvalue weighted by molar-refractivity contribution is 7.16.